The summed E-state index contributed by atoms with van der Waals surface area (Å²) in [6, 6.07) is 10.9. The van der Waals surface area contributed by atoms with E-state index < -0.39 is 4.92 Å². The number of carbonyl (C=O) groups excluding carboxylic acids is 1. The summed E-state index contributed by atoms with van der Waals surface area (Å²) in [4.78, 5) is 22.5. The van der Waals surface area contributed by atoms with Crippen LogP contribution in [-0.2, 0) is 0 Å². The van der Waals surface area contributed by atoms with Gasteiger partial charge in [0.1, 0.15) is 5.75 Å². The molecular weight excluding hydrogens is 422 g/mol. The highest BCUT2D eigenvalue weighted by Gasteiger charge is 2.12. The highest BCUT2D eigenvalue weighted by atomic mass is 79.9. The van der Waals surface area contributed by atoms with Gasteiger partial charge in [-0.3, -0.25) is 20.2 Å². The molecule has 0 bridgehead atoms. The maximum Gasteiger partial charge on any atom is 0.270 e. The number of benzene rings is 2. The van der Waals surface area contributed by atoms with Crippen LogP contribution in [0.25, 0.3) is 0 Å². The van der Waals surface area contributed by atoms with Crippen LogP contribution in [0.5, 0.6) is 5.75 Å². The molecule has 7 nitrogen and oxygen atoms in total. The van der Waals surface area contributed by atoms with E-state index in [-0.39, 0.29) is 22.8 Å². The fourth-order valence-corrected chi connectivity index (χ4v) is 2.67. The lowest BCUT2D eigenvalue weighted by molar-refractivity contribution is -0.384. The summed E-state index contributed by atoms with van der Waals surface area (Å²) in [6.07, 6.45) is 0.0478. The summed E-state index contributed by atoms with van der Waals surface area (Å²) in [5.74, 6) is 0.295. The van der Waals surface area contributed by atoms with Gasteiger partial charge < -0.3 is 10.1 Å². The molecule has 0 unspecified atom stereocenters. The molecule has 0 saturated carbocycles. The van der Waals surface area contributed by atoms with Crippen LogP contribution in [0.1, 0.15) is 24.2 Å². The van der Waals surface area contributed by atoms with E-state index in [9.17, 15) is 14.9 Å². The van der Waals surface area contributed by atoms with Crippen LogP contribution < -0.4 is 15.4 Å². The number of rotatable bonds is 5. The van der Waals surface area contributed by atoms with E-state index in [1.54, 1.807) is 24.3 Å². The van der Waals surface area contributed by atoms with Gasteiger partial charge in [-0.05, 0) is 72.3 Å². The molecule has 0 saturated heterocycles. The van der Waals surface area contributed by atoms with Gasteiger partial charge in [0.2, 0.25) is 0 Å². The number of amides is 1. The third-order valence-electron chi connectivity index (χ3n) is 3.13. The fraction of sp³-hybridized carbons (Fsp3) is 0.176. The maximum absolute atomic E-state index is 12.2. The molecule has 0 aliphatic rings. The minimum atomic E-state index is -0.499. The number of ether oxygens (including phenoxy) is 1. The summed E-state index contributed by atoms with van der Waals surface area (Å²) >= 11 is 8.35. The lowest BCUT2D eigenvalue weighted by Crippen LogP contribution is -2.34. The van der Waals surface area contributed by atoms with E-state index in [2.05, 4.69) is 26.6 Å². The number of halogens is 1. The molecule has 2 N–H and O–H groups in total. The summed E-state index contributed by atoms with van der Waals surface area (Å²) in [5.41, 5.74) is 0.871. The quantitative estimate of drug-likeness (QED) is 0.412. The third-order valence-corrected chi connectivity index (χ3v) is 3.99. The van der Waals surface area contributed by atoms with Gasteiger partial charge in [0.05, 0.1) is 16.7 Å². The third kappa shape index (κ3) is 5.50. The van der Waals surface area contributed by atoms with Crippen molar-refractivity contribution in [2.75, 3.05) is 5.32 Å². The Labute approximate surface area is 164 Å². The molecular formula is C17H16BrN3O4S. The van der Waals surface area contributed by atoms with Crippen LogP contribution >= 0.6 is 28.1 Å². The Morgan fingerprint density at radius 3 is 2.42 bits per heavy atom. The second-order valence-electron chi connectivity index (χ2n) is 5.52. The van der Waals surface area contributed by atoms with Crippen molar-refractivity contribution < 1.29 is 14.5 Å². The molecule has 0 spiro atoms. The lowest BCUT2D eigenvalue weighted by Gasteiger charge is -2.12. The molecule has 0 atom stereocenters. The molecule has 0 heterocycles. The van der Waals surface area contributed by atoms with Crippen LogP contribution in [0.3, 0.4) is 0 Å². The van der Waals surface area contributed by atoms with Crippen molar-refractivity contribution in [1.82, 2.24) is 5.32 Å². The van der Waals surface area contributed by atoms with Crippen LogP contribution in [0.2, 0.25) is 0 Å². The molecule has 0 aliphatic carbocycles. The Bertz CT molecular complexity index is 840. The summed E-state index contributed by atoms with van der Waals surface area (Å²) in [6.45, 7) is 3.84. The minimum absolute atomic E-state index is 0.0478. The van der Waals surface area contributed by atoms with Gasteiger partial charge in [0.15, 0.2) is 5.11 Å². The zero-order valence-electron chi connectivity index (χ0n) is 14.0. The molecule has 2 rings (SSSR count). The van der Waals surface area contributed by atoms with Crippen LogP contribution in [0.4, 0.5) is 11.4 Å². The molecule has 0 fully saturated rings. The van der Waals surface area contributed by atoms with E-state index in [4.69, 9.17) is 17.0 Å². The molecule has 0 aromatic heterocycles. The van der Waals surface area contributed by atoms with Crippen molar-refractivity contribution in [3.8, 4) is 5.75 Å². The molecule has 0 aliphatic heterocycles. The number of anilines is 1. The first-order chi connectivity index (χ1) is 12.3. The molecule has 2 aromatic rings. The number of carbonyl (C=O) groups is 1. The minimum Gasteiger partial charge on any atom is -0.491 e. The molecule has 9 heteroatoms. The first-order valence-electron chi connectivity index (χ1n) is 7.59. The molecule has 136 valence electrons. The number of thiocarbonyl (C=S) groups is 1. The zero-order valence-corrected chi connectivity index (χ0v) is 16.4. The van der Waals surface area contributed by atoms with Crippen LogP contribution in [-0.4, -0.2) is 22.0 Å². The Balaban J connectivity index is 1.99. The smallest absolute Gasteiger partial charge is 0.270 e. The van der Waals surface area contributed by atoms with Crippen molar-refractivity contribution in [3.63, 3.8) is 0 Å². The van der Waals surface area contributed by atoms with E-state index in [1.807, 2.05) is 13.8 Å². The number of nitrogens with one attached hydrogen (secondary N) is 2. The number of nitrogens with zero attached hydrogens (tertiary/aromatic N) is 1. The van der Waals surface area contributed by atoms with Crippen molar-refractivity contribution in [2.24, 2.45) is 0 Å². The SMILES string of the molecule is CC(C)Oc1ccc(C(=O)NC(=S)Nc2ccc([N+](=O)[O-])cc2Br)cc1. The van der Waals surface area contributed by atoms with Crippen LogP contribution in [0, 0.1) is 10.1 Å². The van der Waals surface area contributed by atoms with Crippen molar-refractivity contribution in [1.29, 1.82) is 0 Å². The van der Waals surface area contributed by atoms with E-state index in [1.165, 1.54) is 18.2 Å². The first kappa shape index (κ1) is 19.8. The Kier molecular flexibility index (Phi) is 6.64. The van der Waals surface area contributed by atoms with Crippen molar-refractivity contribution >= 4 is 50.5 Å². The average Bonchev–Trinajstić information content (AvgIpc) is 2.56. The van der Waals surface area contributed by atoms with Gasteiger partial charge >= 0.3 is 0 Å². The van der Waals surface area contributed by atoms with E-state index in [0.29, 0.717) is 21.5 Å². The summed E-state index contributed by atoms with van der Waals surface area (Å²) in [7, 11) is 0. The van der Waals surface area contributed by atoms with Gasteiger partial charge in [-0.1, -0.05) is 0 Å². The molecule has 2 aromatic carbocycles. The number of hydrogen-bond acceptors (Lipinski definition) is 5. The Morgan fingerprint density at radius 2 is 1.88 bits per heavy atom. The topological polar surface area (TPSA) is 93.5 Å². The summed E-state index contributed by atoms with van der Waals surface area (Å²) in [5, 5.41) is 16.2. The molecule has 1 amide bonds. The van der Waals surface area contributed by atoms with Gasteiger partial charge in [0.25, 0.3) is 11.6 Å². The zero-order chi connectivity index (χ0) is 19.3. The normalized spacial score (nSPS) is 10.3. The van der Waals surface area contributed by atoms with Gasteiger partial charge in [-0.2, -0.15) is 0 Å². The van der Waals surface area contributed by atoms with Gasteiger partial charge in [-0.15, -0.1) is 0 Å². The predicted molar refractivity (Wildman–Crippen MR) is 107 cm³/mol. The Hall–Kier alpha value is -2.52. The van der Waals surface area contributed by atoms with E-state index in [0.717, 1.165) is 0 Å². The number of non-ortho nitro benzene ring substituents is 1. The maximum atomic E-state index is 12.2. The molecule has 0 radical (unpaired) electrons. The Morgan fingerprint density at radius 1 is 1.23 bits per heavy atom. The average molecular weight is 438 g/mol. The largest absolute Gasteiger partial charge is 0.491 e. The second kappa shape index (κ2) is 8.72. The monoisotopic (exact) mass is 437 g/mol. The predicted octanol–water partition coefficient (Wildman–Crippen LogP) is 4.27. The summed E-state index contributed by atoms with van der Waals surface area (Å²) < 4.78 is 5.98. The highest BCUT2D eigenvalue weighted by Crippen LogP contribution is 2.27. The second-order valence-corrected chi connectivity index (χ2v) is 6.78. The standard InChI is InChI=1S/C17H16BrN3O4S/c1-10(2)25-13-6-3-11(4-7-13)16(22)20-17(26)19-15-8-5-12(21(23)24)9-14(15)18/h3-10H,1-2H3,(H2,19,20,22,26). The van der Waals surface area contributed by atoms with Crippen LogP contribution in [0.15, 0.2) is 46.9 Å². The number of nitro benzene ring substituents is 1. The van der Waals surface area contributed by atoms with Gasteiger partial charge in [-0.25, -0.2) is 0 Å². The van der Waals surface area contributed by atoms with Crippen molar-refractivity contribution in [3.05, 3.63) is 62.6 Å². The van der Waals surface area contributed by atoms with Gasteiger partial charge in [0, 0.05) is 22.2 Å². The molecule has 26 heavy (non-hydrogen) atoms. The van der Waals surface area contributed by atoms with Crippen molar-refractivity contribution in [2.45, 2.75) is 20.0 Å². The number of hydrogen-bond donors (Lipinski definition) is 2. The lowest BCUT2D eigenvalue weighted by atomic mass is 10.2. The first-order valence-corrected chi connectivity index (χ1v) is 8.79. The fourth-order valence-electron chi connectivity index (χ4n) is 2.00. The highest BCUT2D eigenvalue weighted by molar-refractivity contribution is 9.10. The van der Waals surface area contributed by atoms with E-state index >= 15 is 0 Å². The number of nitro groups is 1.